The van der Waals surface area contributed by atoms with Crippen molar-refractivity contribution in [3.05, 3.63) is 54.1 Å². The number of rotatable bonds is 10. The van der Waals surface area contributed by atoms with Gasteiger partial charge in [0.15, 0.2) is 11.5 Å². The van der Waals surface area contributed by atoms with Gasteiger partial charge >= 0.3 is 0 Å². The summed E-state index contributed by atoms with van der Waals surface area (Å²) >= 11 is 0. The summed E-state index contributed by atoms with van der Waals surface area (Å²) in [6.45, 7) is 6.60. The second-order valence-corrected chi connectivity index (χ2v) is 8.29. The number of nitrogens with one attached hydrogen (secondary N) is 1. The second-order valence-electron chi connectivity index (χ2n) is 6.44. The average Bonchev–Trinajstić information content (AvgIpc) is 2.68. The van der Waals surface area contributed by atoms with Crippen molar-refractivity contribution < 1.29 is 22.7 Å². The quantitative estimate of drug-likeness (QED) is 0.639. The molecule has 0 aliphatic carbocycles. The lowest BCUT2D eigenvalue weighted by Crippen LogP contribution is -2.47. The molecule has 2 aromatic rings. The fourth-order valence-corrected chi connectivity index (χ4v) is 4.10. The summed E-state index contributed by atoms with van der Waals surface area (Å²) in [4.78, 5) is 12.7. The summed E-state index contributed by atoms with van der Waals surface area (Å²) in [5, 5.41) is 2.80. The van der Waals surface area contributed by atoms with Gasteiger partial charge in [-0.25, -0.2) is 8.42 Å². The number of sulfonamides is 1. The van der Waals surface area contributed by atoms with Crippen LogP contribution in [0.25, 0.3) is 0 Å². The van der Waals surface area contributed by atoms with Gasteiger partial charge in [-0.3, -0.25) is 9.10 Å². The zero-order chi connectivity index (χ0) is 21.4. The van der Waals surface area contributed by atoms with E-state index in [-0.39, 0.29) is 6.54 Å². The minimum absolute atomic E-state index is 0.238. The number of ether oxygens (including phenoxy) is 2. The largest absolute Gasteiger partial charge is 0.490 e. The molecule has 1 atom stereocenters. The number of para-hydroxylation sites is 1. The molecule has 158 valence electrons. The molecule has 1 unspecified atom stereocenters. The molecule has 8 heteroatoms. The Balaban J connectivity index is 2.14. The minimum atomic E-state index is -3.64. The standard InChI is InChI=1S/C21H28N2O5S/c1-5-27-19-13-12-17(14-20(19)28-6-2)15-22-21(24)16(3)23(29(4,25)26)18-10-8-7-9-11-18/h7-14,16H,5-6,15H2,1-4H3,(H,22,24). The Bertz CT molecular complexity index is 916. The molecule has 0 aliphatic rings. The molecule has 29 heavy (non-hydrogen) atoms. The van der Waals surface area contributed by atoms with Crippen LogP contribution in [-0.2, 0) is 21.4 Å². The van der Waals surface area contributed by atoms with Crippen molar-refractivity contribution in [2.75, 3.05) is 23.8 Å². The topological polar surface area (TPSA) is 84.9 Å². The molecular weight excluding hydrogens is 392 g/mol. The third-order valence-corrected chi connectivity index (χ3v) is 5.42. The van der Waals surface area contributed by atoms with Gasteiger partial charge in [0, 0.05) is 6.54 Å². The van der Waals surface area contributed by atoms with E-state index >= 15 is 0 Å². The summed E-state index contributed by atoms with van der Waals surface area (Å²) in [7, 11) is -3.64. The second kappa shape index (κ2) is 10.2. The van der Waals surface area contributed by atoms with E-state index in [2.05, 4.69) is 5.32 Å². The van der Waals surface area contributed by atoms with Gasteiger partial charge in [0.1, 0.15) is 6.04 Å². The van der Waals surface area contributed by atoms with Crippen LogP contribution in [0.1, 0.15) is 26.3 Å². The van der Waals surface area contributed by atoms with E-state index < -0.39 is 22.0 Å². The highest BCUT2D eigenvalue weighted by atomic mass is 32.2. The molecule has 0 saturated carbocycles. The van der Waals surface area contributed by atoms with Crippen molar-refractivity contribution >= 4 is 21.6 Å². The lowest BCUT2D eigenvalue weighted by atomic mass is 10.2. The van der Waals surface area contributed by atoms with E-state index in [1.807, 2.05) is 26.0 Å². The van der Waals surface area contributed by atoms with Gasteiger partial charge in [0.05, 0.1) is 25.2 Å². The number of anilines is 1. The lowest BCUT2D eigenvalue weighted by molar-refractivity contribution is -0.122. The van der Waals surface area contributed by atoms with Crippen molar-refractivity contribution in [1.29, 1.82) is 0 Å². The van der Waals surface area contributed by atoms with E-state index in [0.29, 0.717) is 30.4 Å². The van der Waals surface area contributed by atoms with Gasteiger partial charge in [0.2, 0.25) is 15.9 Å². The summed E-state index contributed by atoms with van der Waals surface area (Å²) in [5.41, 5.74) is 1.26. The molecule has 0 saturated heterocycles. The van der Waals surface area contributed by atoms with Gasteiger partial charge in [-0.1, -0.05) is 24.3 Å². The van der Waals surface area contributed by atoms with Crippen LogP contribution in [0.2, 0.25) is 0 Å². The smallest absolute Gasteiger partial charge is 0.243 e. The molecule has 0 fully saturated rings. The van der Waals surface area contributed by atoms with Crippen LogP contribution in [0, 0.1) is 0 Å². The molecule has 0 radical (unpaired) electrons. The van der Waals surface area contributed by atoms with Crippen LogP contribution in [0.5, 0.6) is 11.5 Å². The number of carbonyl (C=O) groups is 1. The van der Waals surface area contributed by atoms with Crippen LogP contribution in [0.3, 0.4) is 0 Å². The van der Waals surface area contributed by atoms with Crippen LogP contribution in [0.4, 0.5) is 5.69 Å². The van der Waals surface area contributed by atoms with Gasteiger partial charge in [0.25, 0.3) is 0 Å². The monoisotopic (exact) mass is 420 g/mol. The van der Waals surface area contributed by atoms with Crippen molar-refractivity contribution in [2.45, 2.75) is 33.4 Å². The van der Waals surface area contributed by atoms with Crippen molar-refractivity contribution in [1.82, 2.24) is 5.32 Å². The minimum Gasteiger partial charge on any atom is -0.490 e. The SMILES string of the molecule is CCOc1ccc(CNC(=O)C(C)N(c2ccccc2)S(C)(=O)=O)cc1OCC. The fraction of sp³-hybridized carbons (Fsp3) is 0.381. The molecule has 0 aliphatic heterocycles. The van der Waals surface area contributed by atoms with E-state index in [0.717, 1.165) is 16.1 Å². The molecule has 2 rings (SSSR count). The molecule has 0 aromatic heterocycles. The maximum Gasteiger partial charge on any atom is 0.243 e. The molecule has 1 N–H and O–H groups in total. The Kier molecular flexibility index (Phi) is 7.90. The Morgan fingerprint density at radius 3 is 2.24 bits per heavy atom. The normalized spacial score (nSPS) is 12.1. The molecule has 0 spiro atoms. The molecular formula is C21H28N2O5S. The number of hydrogen-bond donors (Lipinski definition) is 1. The van der Waals surface area contributed by atoms with Crippen molar-refractivity contribution in [3.63, 3.8) is 0 Å². The van der Waals surface area contributed by atoms with Gasteiger partial charge in [-0.2, -0.15) is 0 Å². The maximum atomic E-state index is 12.7. The maximum absolute atomic E-state index is 12.7. The van der Waals surface area contributed by atoms with Crippen molar-refractivity contribution in [3.8, 4) is 11.5 Å². The number of nitrogens with zero attached hydrogens (tertiary/aromatic N) is 1. The fourth-order valence-electron chi connectivity index (χ4n) is 2.93. The molecule has 0 bridgehead atoms. The first-order valence-electron chi connectivity index (χ1n) is 9.48. The Morgan fingerprint density at radius 1 is 1.03 bits per heavy atom. The summed E-state index contributed by atoms with van der Waals surface area (Å²) in [6.07, 6.45) is 1.09. The first-order valence-corrected chi connectivity index (χ1v) is 11.3. The highest BCUT2D eigenvalue weighted by molar-refractivity contribution is 7.92. The molecule has 1 amide bonds. The Morgan fingerprint density at radius 2 is 1.66 bits per heavy atom. The van der Waals surface area contributed by atoms with Crippen LogP contribution in [-0.4, -0.2) is 39.8 Å². The summed E-state index contributed by atoms with van der Waals surface area (Å²) in [5.74, 6) is 0.854. The number of carbonyl (C=O) groups excluding carboxylic acids is 1. The molecule has 0 heterocycles. The Labute approximate surface area is 172 Å². The third-order valence-electron chi connectivity index (χ3n) is 4.17. The Hall–Kier alpha value is -2.74. The zero-order valence-corrected chi connectivity index (χ0v) is 18.0. The van der Waals surface area contributed by atoms with E-state index in [4.69, 9.17) is 9.47 Å². The zero-order valence-electron chi connectivity index (χ0n) is 17.2. The van der Waals surface area contributed by atoms with Gasteiger partial charge in [-0.05, 0) is 50.6 Å². The number of benzene rings is 2. The predicted molar refractivity (Wildman–Crippen MR) is 114 cm³/mol. The molecule has 2 aromatic carbocycles. The number of amides is 1. The first-order chi connectivity index (χ1) is 13.8. The van der Waals surface area contributed by atoms with E-state index in [1.54, 1.807) is 43.3 Å². The third kappa shape index (κ3) is 6.12. The summed E-state index contributed by atoms with van der Waals surface area (Å²) < 4.78 is 36.8. The van der Waals surface area contributed by atoms with E-state index in [9.17, 15) is 13.2 Å². The van der Waals surface area contributed by atoms with Crippen LogP contribution in [0.15, 0.2) is 48.5 Å². The first kappa shape index (κ1) is 22.5. The van der Waals surface area contributed by atoms with Crippen molar-refractivity contribution in [2.24, 2.45) is 0 Å². The summed E-state index contributed by atoms with van der Waals surface area (Å²) in [6, 6.07) is 13.1. The van der Waals surface area contributed by atoms with Crippen LogP contribution < -0.4 is 19.1 Å². The molecule has 7 nitrogen and oxygen atoms in total. The highest BCUT2D eigenvalue weighted by Gasteiger charge is 2.28. The van der Waals surface area contributed by atoms with Gasteiger partial charge < -0.3 is 14.8 Å². The lowest BCUT2D eigenvalue weighted by Gasteiger charge is -2.28. The average molecular weight is 421 g/mol. The predicted octanol–water partition coefficient (Wildman–Crippen LogP) is 2.95. The van der Waals surface area contributed by atoms with Crippen LogP contribution >= 0.6 is 0 Å². The number of hydrogen-bond acceptors (Lipinski definition) is 5. The van der Waals surface area contributed by atoms with E-state index in [1.165, 1.54) is 0 Å². The van der Waals surface area contributed by atoms with Gasteiger partial charge in [-0.15, -0.1) is 0 Å². The highest BCUT2D eigenvalue weighted by Crippen LogP contribution is 2.28.